The van der Waals surface area contributed by atoms with Crippen LogP contribution in [0, 0.1) is 18.8 Å². The molecule has 1 saturated heterocycles. The van der Waals surface area contributed by atoms with Crippen molar-refractivity contribution in [2.75, 3.05) is 6.54 Å². The summed E-state index contributed by atoms with van der Waals surface area (Å²) in [4.78, 5) is 56.3. The minimum Gasteiger partial charge on any atom is -0.352 e. The average molecular weight is 530 g/mol. The van der Waals surface area contributed by atoms with Gasteiger partial charge in [-0.05, 0) is 44.2 Å². The number of benzene rings is 2. The SMILES string of the molecule is CC[C@H](C)NC(=O)[C@@H](Cc1ccccc1)N(Cc1ccc(C)cc1)C(=O)CCN1C(=O)[C@H]2CC=CC[C@H]2C1=O. The van der Waals surface area contributed by atoms with Crippen LogP contribution in [0.1, 0.15) is 56.2 Å². The molecule has 4 amide bonds. The number of fused-ring (bicyclic) bond motifs is 1. The molecule has 1 heterocycles. The molecule has 7 nitrogen and oxygen atoms in total. The summed E-state index contributed by atoms with van der Waals surface area (Å²) in [5, 5.41) is 3.07. The summed E-state index contributed by atoms with van der Waals surface area (Å²) < 4.78 is 0. The van der Waals surface area contributed by atoms with Crippen molar-refractivity contribution in [3.8, 4) is 0 Å². The Kier molecular flexibility index (Phi) is 9.33. The van der Waals surface area contributed by atoms with Crippen LogP contribution in [-0.2, 0) is 32.1 Å². The Balaban J connectivity index is 1.58. The van der Waals surface area contributed by atoms with E-state index in [-0.39, 0.29) is 61.0 Å². The molecule has 0 bridgehead atoms. The summed E-state index contributed by atoms with van der Waals surface area (Å²) in [6.07, 6.45) is 6.13. The van der Waals surface area contributed by atoms with Crippen LogP contribution in [0.3, 0.4) is 0 Å². The van der Waals surface area contributed by atoms with Crippen LogP contribution >= 0.6 is 0 Å². The van der Waals surface area contributed by atoms with Gasteiger partial charge in [-0.1, -0.05) is 79.2 Å². The molecule has 1 fully saturated rings. The predicted octanol–water partition coefficient (Wildman–Crippen LogP) is 4.19. The first-order valence-electron chi connectivity index (χ1n) is 14.0. The highest BCUT2D eigenvalue weighted by Gasteiger charge is 2.47. The lowest BCUT2D eigenvalue weighted by molar-refractivity contribution is -0.144. The van der Waals surface area contributed by atoms with Gasteiger partial charge in [-0.15, -0.1) is 0 Å². The number of nitrogens with zero attached hydrogens (tertiary/aromatic N) is 2. The van der Waals surface area contributed by atoms with E-state index in [9.17, 15) is 19.2 Å². The van der Waals surface area contributed by atoms with Gasteiger partial charge in [0, 0.05) is 32.0 Å². The molecule has 1 aliphatic heterocycles. The number of amides is 4. The number of hydrogen-bond donors (Lipinski definition) is 1. The number of nitrogens with one attached hydrogen (secondary N) is 1. The lowest BCUT2D eigenvalue weighted by Gasteiger charge is -2.33. The molecule has 4 atom stereocenters. The Bertz CT molecular complexity index is 1180. The summed E-state index contributed by atoms with van der Waals surface area (Å²) in [7, 11) is 0. The quantitative estimate of drug-likeness (QED) is 0.349. The van der Waals surface area contributed by atoms with E-state index in [1.54, 1.807) is 4.90 Å². The molecule has 1 N–H and O–H groups in total. The van der Waals surface area contributed by atoms with E-state index in [1.165, 1.54) is 4.90 Å². The molecule has 206 valence electrons. The van der Waals surface area contributed by atoms with Crippen molar-refractivity contribution in [3.05, 3.63) is 83.4 Å². The lowest BCUT2D eigenvalue weighted by atomic mass is 9.85. The number of aryl methyl sites for hydroxylation is 1. The molecule has 4 rings (SSSR count). The first-order valence-corrected chi connectivity index (χ1v) is 14.0. The molecule has 2 aromatic rings. The minimum atomic E-state index is -0.744. The number of imide groups is 1. The largest absolute Gasteiger partial charge is 0.352 e. The van der Waals surface area contributed by atoms with Gasteiger partial charge < -0.3 is 10.2 Å². The van der Waals surface area contributed by atoms with Crippen LogP contribution in [0.4, 0.5) is 0 Å². The second-order valence-electron chi connectivity index (χ2n) is 10.8. The molecular weight excluding hydrogens is 490 g/mol. The van der Waals surface area contributed by atoms with Crippen LogP contribution in [0.2, 0.25) is 0 Å². The summed E-state index contributed by atoms with van der Waals surface area (Å²) in [5.41, 5.74) is 2.97. The van der Waals surface area contributed by atoms with E-state index < -0.39 is 6.04 Å². The molecule has 0 unspecified atom stereocenters. The van der Waals surface area contributed by atoms with E-state index in [2.05, 4.69) is 5.32 Å². The first-order chi connectivity index (χ1) is 18.8. The number of hydrogen-bond acceptors (Lipinski definition) is 4. The molecule has 1 aliphatic carbocycles. The van der Waals surface area contributed by atoms with Crippen molar-refractivity contribution < 1.29 is 19.2 Å². The van der Waals surface area contributed by atoms with Crippen LogP contribution in [-0.4, -0.2) is 52.1 Å². The number of carbonyl (C=O) groups excluding carboxylic acids is 4. The zero-order valence-electron chi connectivity index (χ0n) is 23.1. The summed E-state index contributed by atoms with van der Waals surface area (Å²) in [5.74, 6) is -1.50. The van der Waals surface area contributed by atoms with Crippen molar-refractivity contribution in [2.24, 2.45) is 11.8 Å². The van der Waals surface area contributed by atoms with Crippen LogP contribution in [0.25, 0.3) is 0 Å². The summed E-state index contributed by atoms with van der Waals surface area (Å²) in [6, 6.07) is 16.8. The second-order valence-corrected chi connectivity index (χ2v) is 10.8. The molecule has 0 saturated carbocycles. The fraction of sp³-hybridized carbons (Fsp3) is 0.438. The fourth-order valence-corrected chi connectivity index (χ4v) is 5.33. The molecule has 2 aliphatic rings. The summed E-state index contributed by atoms with van der Waals surface area (Å²) >= 11 is 0. The van der Waals surface area contributed by atoms with Gasteiger partial charge >= 0.3 is 0 Å². The highest BCUT2D eigenvalue weighted by molar-refractivity contribution is 6.05. The first kappa shape index (κ1) is 28.3. The van der Waals surface area contributed by atoms with Gasteiger partial charge in [-0.25, -0.2) is 0 Å². The van der Waals surface area contributed by atoms with Crippen LogP contribution in [0.5, 0.6) is 0 Å². The monoisotopic (exact) mass is 529 g/mol. The molecule has 0 aromatic heterocycles. The summed E-state index contributed by atoms with van der Waals surface area (Å²) in [6.45, 7) is 6.23. The number of rotatable bonds is 11. The van der Waals surface area contributed by atoms with Gasteiger partial charge in [0.25, 0.3) is 0 Å². The third-order valence-corrected chi connectivity index (χ3v) is 7.89. The molecule has 7 heteroatoms. The smallest absolute Gasteiger partial charge is 0.243 e. The Morgan fingerprint density at radius 2 is 1.56 bits per heavy atom. The van der Waals surface area contributed by atoms with Crippen molar-refractivity contribution in [1.82, 2.24) is 15.1 Å². The van der Waals surface area contributed by atoms with Crippen molar-refractivity contribution in [2.45, 2.75) is 71.5 Å². The van der Waals surface area contributed by atoms with Crippen LogP contribution in [0.15, 0.2) is 66.7 Å². The van der Waals surface area contributed by atoms with Crippen molar-refractivity contribution in [1.29, 1.82) is 0 Å². The predicted molar refractivity (Wildman–Crippen MR) is 150 cm³/mol. The second kappa shape index (κ2) is 12.9. The fourth-order valence-electron chi connectivity index (χ4n) is 5.33. The molecular formula is C32H39N3O4. The van der Waals surface area contributed by atoms with Gasteiger partial charge in [0.05, 0.1) is 11.8 Å². The maximum atomic E-state index is 13.9. The Morgan fingerprint density at radius 3 is 2.15 bits per heavy atom. The third-order valence-electron chi connectivity index (χ3n) is 7.89. The molecule has 2 aromatic carbocycles. The van der Waals surface area contributed by atoms with E-state index in [0.717, 1.165) is 23.1 Å². The maximum Gasteiger partial charge on any atom is 0.243 e. The number of likely N-dealkylation sites (tertiary alicyclic amines) is 1. The highest BCUT2D eigenvalue weighted by atomic mass is 16.2. The zero-order chi connectivity index (χ0) is 27.9. The molecule has 0 spiro atoms. The topological polar surface area (TPSA) is 86.8 Å². The Hall–Kier alpha value is -3.74. The van der Waals surface area contributed by atoms with Crippen molar-refractivity contribution >= 4 is 23.6 Å². The molecule has 0 radical (unpaired) electrons. The van der Waals surface area contributed by atoms with Gasteiger partial charge in [0.15, 0.2) is 0 Å². The lowest BCUT2D eigenvalue weighted by Crippen LogP contribution is -2.52. The normalized spacial score (nSPS) is 19.9. The Labute approximate surface area is 231 Å². The van der Waals surface area contributed by atoms with E-state index in [4.69, 9.17) is 0 Å². The number of allylic oxidation sites excluding steroid dienone is 2. The van der Waals surface area contributed by atoms with Gasteiger partial charge in [0.2, 0.25) is 23.6 Å². The minimum absolute atomic E-state index is 0.0267. The Morgan fingerprint density at radius 1 is 0.949 bits per heavy atom. The van der Waals surface area contributed by atoms with Crippen LogP contribution < -0.4 is 5.32 Å². The van der Waals surface area contributed by atoms with Gasteiger partial charge in [-0.2, -0.15) is 0 Å². The maximum absolute atomic E-state index is 13.9. The van der Waals surface area contributed by atoms with E-state index >= 15 is 0 Å². The van der Waals surface area contributed by atoms with Gasteiger partial charge in [0.1, 0.15) is 6.04 Å². The van der Waals surface area contributed by atoms with Gasteiger partial charge in [-0.3, -0.25) is 24.1 Å². The molecule has 39 heavy (non-hydrogen) atoms. The highest BCUT2D eigenvalue weighted by Crippen LogP contribution is 2.35. The zero-order valence-corrected chi connectivity index (χ0v) is 23.1. The average Bonchev–Trinajstić information content (AvgIpc) is 3.19. The third kappa shape index (κ3) is 6.83. The standard InChI is InChI=1S/C32H39N3O4/c1-4-23(3)33-30(37)28(20-24-10-6-5-7-11-24)35(21-25-16-14-22(2)15-17-25)29(36)18-19-34-31(38)26-12-8-9-13-27(26)32(34)39/h5-11,14-17,23,26-28H,4,12-13,18-21H2,1-3H3,(H,33,37)/t23-,26-,27+,28+/m0/s1. The number of carbonyl (C=O) groups is 4. The van der Waals surface area contributed by atoms with E-state index in [0.29, 0.717) is 19.3 Å². The van der Waals surface area contributed by atoms with E-state index in [1.807, 2.05) is 87.5 Å². The van der Waals surface area contributed by atoms with Crippen molar-refractivity contribution in [3.63, 3.8) is 0 Å².